The van der Waals surface area contributed by atoms with E-state index in [-0.39, 0.29) is 5.82 Å². The van der Waals surface area contributed by atoms with E-state index >= 15 is 0 Å². The molecular weight excluding hydrogens is 297 g/mol. The molecule has 2 aromatic rings. The highest BCUT2D eigenvalue weighted by molar-refractivity contribution is 5.84. The molecule has 1 amide bonds. The molecule has 0 bridgehead atoms. The predicted octanol–water partition coefficient (Wildman–Crippen LogP) is 2.61. The van der Waals surface area contributed by atoms with Gasteiger partial charge in [-0.15, -0.1) is 0 Å². The minimum Gasteiger partial charge on any atom is -0.481 e. The molecule has 0 heterocycles. The van der Waals surface area contributed by atoms with Gasteiger partial charge < -0.3 is 4.74 Å². The lowest BCUT2D eigenvalue weighted by atomic mass is 10.2. The zero-order valence-corrected chi connectivity index (χ0v) is 12.4. The van der Waals surface area contributed by atoms with Crippen LogP contribution in [-0.4, -0.2) is 18.2 Å². The summed E-state index contributed by atoms with van der Waals surface area (Å²) < 4.78 is 18.4. The number of hydrogen-bond acceptors (Lipinski definition) is 4. The van der Waals surface area contributed by atoms with Gasteiger partial charge in [0.05, 0.1) is 17.8 Å². The monoisotopic (exact) mass is 311 g/mol. The molecule has 116 valence electrons. The van der Waals surface area contributed by atoms with Gasteiger partial charge in [-0.2, -0.15) is 10.4 Å². The Balaban J connectivity index is 1.88. The fourth-order valence-corrected chi connectivity index (χ4v) is 1.71. The SMILES string of the molecule is CC(Oc1ccc(C#N)cc1)C(=O)N/N=C/c1cccc(F)c1. The molecule has 0 saturated heterocycles. The van der Waals surface area contributed by atoms with E-state index in [2.05, 4.69) is 10.5 Å². The highest BCUT2D eigenvalue weighted by atomic mass is 19.1. The van der Waals surface area contributed by atoms with Crippen molar-refractivity contribution in [2.45, 2.75) is 13.0 Å². The van der Waals surface area contributed by atoms with Gasteiger partial charge in [-0.3, -0.25) is 4.79 Å². The van der Waals surface area contributed by atoms with Crippen molar-refractivity contribution < 1.29 is 13.9 Å². The van der Waals surface area contributed by atoms with Crippen molar-refractivity contribution >= 4 is 12.1 Å². The van der Waals surface area contributed by atoms with E-state index in [1.807, 2.05) is 6.07 Å². The lowest BCUT2D eigenvalue weighted by molar-refractivity contribution is -0.127. The van der Waals surface area contributed by atoms with Crippen molar-refractivity contribution in [2.75, 3.05) is 0 Å². The first-order chi connectivity index (χ1) is 11.1. The van der Waals surface area contributed by atoms with Gasteiger partial charge in [0, 0.05) is 0 Å². The van der Waals surface area contributed by atoms with Crippen molar-refractivity contribution in [3.63, 3.8) is 0 Å². The third-order valence-electron chi connectivity index (χ3n) is 2.90. The number of halogens is 1. The second-order valence-corrected chi connectivity index (χ2v) is 4.69. The summed E-state index contributed by atoms with van der Waals surface area (Å²) in [5.74, 6) is -0.347. The molecule has 5 nitrogen and oxygen atoms in total. The Kier molecular flexibility index (Phi) is 5.42. The largest absolute Gasteiger partial charge is 0.481 e. The number of ether oxygens (including phenoxy) is 1. The van der Waals surface area contributed by atoms with E-state index in [0.29, 0.717) is 16.9 Å². The maximum Gasteiger partial charge on any atom is 0.280 e. The average Bonchev–Trinajstić information content (AvgIpc) is 2.55. The summed E-state index contributed by atoms with van der Waals surface area (Å²) in [6.45, 7) is 1.57. The zero-order chi connectivity index (χ0) is 16.7. The van der Waals surface area contributed by atoms with Gasteiger partial charge in [0.15, 0.2) is 6.10 Å². The Hall–Kier alpha value is -3.20. The lowest BCUT2D eigenvalue weighted by Crippen LogP contribution is -2.33. The maximum atomic E-state index is 13.0. The Morgan fingerprint density at radius 3 is 2.74 bits per heavy atom. The first-order valence-corrected chi connectivity index (χ1v) is 6.84. The highest BCUT2D eigenvalue weighted by Gasteiger charge is 2.13. The second-order valence-electron chi connectivity index (χ2n) is 4.69. The summed E-state index contributed by atoms with van der Waals surface area (Å²) in [6.07, 6.45) is 0.572. The van der Waals surface area contributed by atoms with Gasteiger partial charge in [0.1, 0.15) is 11.6 Å². The Bertz CT molecular complexity index is 751. The molecule has 2 aromatic carbocycles. The van der Waals surface area contributed by atoms with Crippen LogP contribution >= 0.6 is 0 Å². The number of hydrogen-bond donors (Lipinski definition) is 1. The quantitative estimate of drug-likeness (QED) is 0.681. The molecule has 0 aliphatic rings. The van der Waals surface area contributed by atoms with E-state index in [1.165, 1.54) is 18.3 Å². The van der Waals surface area contributed by atoms with Gasteiger partial charge in [-0.1, -0.05) is 12.1 Å². The van der Waals surface area contributed by atoms with Crippen molar-refractivity contribution in [1.29, 1.82) is 5.26 Å². The Morgan fingerprint density at radius 2 is 2.09 bits per heavy atom. The van der Waals surface area contributed by atoms with Crippen LogP contribution in [-0.2, 0) is 4.79 Å². The third kappa shape index (κ3) is 4.93. The highest BCUT2D eigenvalue weighted by Crippen LogP contribution is 2.13. The number of nitrogens with one attached hydrogen (secondary N) is 1. The number of rotatable bonds is 5. The van der Waals surface area contributed by atoms with Gasteiger partial charge >= 0.3 is 0 Å². The van der Waals surface area contributed by atoms with Crippen LogP contribution in [0.25, 0.3) is 0 Å². The van der Waals surface area contributed by atoms with E-state index < -0.39 is 12.0 Å². The molecule has 1 atom stereocenters. The van der Waals surface area contributed by atoms with Crippen molar-refractivity contribution in [3.05, 3.63) is 65.5 Å². The fraction of sp³-hybridized carbons (Fsp3) is 0.118. The van der Waals surface area contributed by atoms with Gasteiger partial charge in [-0.25, -0.2) is 9.82 Å². The fourth-order valence-electron chi connectivity index (χ4n) is 1.71. The number of nitriles is 1. The molecule has 2 rings (SSSR count). The van der Waals surface area contributed by atoms with Crippen LogP contribution in [0.1, 0.15) is 18.1 Å². The Labute approximate surface area is 133 Å². The molecule has 23 heavy (non-hydrogen) atoms. The lowest BCUT2D eigenvalue weighted by Gasteiger charge is -2.12. The molecule has 1 unspecified atom stereocenters. The van der Waals surface area contributed by atoms with Crippen LogP contribution in [0.15, 0.2) is 53.6 Å². The van der Waals surface area contributed by atoms with Crippen LogP contribution in [0.2, 0.25) is 0 Å². The molecule has 0 aromatic heterocycles. The van der Waals surface area contributed by atoms with Crippen molar-refractivity contribution in [3.8, 4) is 11.8 Å². The van der Waals surface area contributed by atoms with Crippen molar-refractivity contribution in [1.82, 2.24) is 5.43 Å². The normalized spacial score (nSPS) is 11.7. The van der Waals surface area contributed by atoms with E-state index in [4.69, 9.17) is 10.00 Å². The first-order valence-electron chi connectivity index (χ1n) is 6.84. The predicted molar refractivity (Wildman–Crippen MR) is 83.4 cm³/mol. The molecule has 0 fully saturated rings. The van der Waals surface area contributed by atoms with Gasteiger partial charge in [-0.05, 0) is 48.9 Å². The summed E-state index contributed by atoms with van der Waals surface area (Å²) in [4.78, 5) is 11.9. The number of amides is 1. The van der Waals surface area contributed by atoms with Crippen LogP contribution < -0.4 is 10.2 Å². The molecule has 6 heteroatoms. The van der Waals surface area contributed by atoms with Crippen molar-refractivity contribution in [2.24, 2.45) is 5.10 Å². The number of carbonyl (C=O) groups excluding carboxylic acids is 1. The summed E-state index contributed by atoms with van der Waals surface area (Å²) in [5.41, 5.74) is 3.37. The molecule has 0 saturated carbocycles. The number of nitrogens with zero attached hydrogens (tertiary/aromatic N) is 2. The topological polar surface area (TPSA) is 74.5 Å². The van der Waals surface area contributed by atoms with Gasteiger partial charge in [0.25, 0.3) is 5.91 Å². The summed E-state index contributed by atoms with van der Waals surface area (Å²) in [7, 11) is 0. The van der Waals surface area contributed by atoms with Crippen LogP contribution in [0.4, 0.5) is 4.39 Å². The molecule has 1 N–H and O–H groups in total. The van der Waals surface area contributed by atoms with Crippen LogP contribution in [0.5, 0.6) is 5.75 Å². The molecule has 0 radical (unpaired) electrons. The van der Waals surface area contributed by atoms with Crippen LogP contribution in [0.3, 0.4) is 0 Å². The minimum atomic E-state index is -0.771. The van der Waals surface area contributed by atoms with E-state index in [9.17, 15) is 9.18 Å². The van der Waals surface area contributed by atoms with Gasteiger partial charge in [0.2, 0.25) is 0 Å². The minimum absolute atomic E-state index is 0.377. The number of hydrazone groups is 1. The third-order valence-corrected chi connectivity index (χ3v) is 2.90. The maximum absolute atomic E-state index is 13.0. The van der Waals surface area contributed by atoms with Crippen LogP contribution in [0, 0.1) is 17.1 Å². The zero-order valence-electron chi connectivity index (χ0n) is 12.4. The average molecular weight is 311 g/mol. The Morgan fingerprint density at radius 1 is 1.35 bits per heavy atom. The van der Waals surface area contributed by atoms with E-state index in [1.54, 1.807) is 43.3 Å². The first kappa shape index (κ1) is 16.2. The standard InChI is InChI=1S/C17H14FN3O2/c1-12(23-16-7-5-13(10-19)6-8-16)17(22)21-20-11-14-3-2-4-15(18)9-14/h2-9,11-12H,1H3,(H,21,22)/b20-11+. The number of carbonyl (C=O) groups is 1. The smallest absolute Gasteiger partial charge is 0.280 e. The second kappa shape index (κ2) is 7.71. The molecule has 0 aliphatic carbocycles. The molecular formula is C17H14FN3O2. The molecule has 0 spiro atoms. The molecule has 0 aliphatic heterocycles. The number of benzene rings is 2. The van der Waals surface area contributed by atoms with E-state index in [0.717, 1.165) is 0 Å². The summed E-state index contributed by atoms with van der Waals surface area (Å²) >= 11 is 0. The summed E-state index contributed by atoms with van der Waals surface area (Å²) in [5, 5.41) is 12.5. The summed E-state index contributed by atoms with van der Waals surface area (Å²) in [6, 6.07) is 14.2.